The van der Waals surface area contributed by atoms with Crippen molar-refractivity contribution < 1.29 is 5.11 Å². The Kier molecular flexibility index (Phi) is 2.47. The molecular weight excluding hydrogens is 250 g/mol. The second-order valence-corrected chi connectivity index (χ2v) is 5.20. The van der Waals surface area contributed by atoms with Crippen LogP contribution >= 0.6 is 27.3 Å². The molecule has 13 heavy (non-hydrogen) atoms. The summed E-state index contributed by atoms with van der Waals surface area (Å²) in [5, 5.41) is 13.2. The van der Waals surface area contributed by atoms with Crippen LogP contribution in [-0.4, -0.2) is 10.1 Å². The fraction of sp³-hybridized carbons (Fsp3) is 0.667. The van der Waals surface area contributed by atoms with E-state index in [-0.39, 0.29) is 0 Å². The van der Waals surface area contributed by atoms with Gasteiger partial charge in [0, 0.05) is 5.38 Å². The molecule has 72 valence electrons. The molecule has 0 aromatic carbocycles. The van der Waals surface area contributed by atoms with Gasteiger partial charge in [-0.25, -0.2) is 4.98 Å². The maximum absolute atomic E-state index is 10.4. The van der Waals surface area contributed by atoms with Gasteiger partial charge in [0.25, 0.3) is 0 Å². The van der Waals surface area contributed by atoms with E-state index in [1.54, 1.807) is 11.3 Å². The van der Waals surface area contributed by atoms with Gasteiger partial charge in [-0.05, 0) is 41.1 Å². The van der Waals surface area contributed by atoms with Crippen molar-refractivity contribution in [3.63, 3.8) is 0 Å². The van der Waals surface area contributed by atoms with E-state index in [2.05, 4.69) is 20.9 Å². The summed E-state index contributed by atoms with van der Waals surface area (Å²) in [4.78, 5) is 4.30. The summed E-state index contributed by atoms with van der Waals surface area (Å²) in [6.45, 7) is 2.02. The number of nitrogens with zero attached hydrogens (tertiary/aromatic N) is 1. The minimum Gasteiger partial charge on any atom is -0.382 e. The summed E-state index contributed by atoms with van der Waals surface area (Å²) in [5.41, 5.74) is -0.656. The molecule has 2 nitrogen and oxygen atoms in total. The summed E-state index contributed by atoms with van der Waals surface area (Å²) in [6, 6.07) is 0. The van der Waals surface area contributed by atoms with E-state index in [1.165, 1.54) is 0 Å². The summed E-state index contributed by atoms with van der Waals surface area (Å²) in [7, 11) is 0. The standard InChI is InChI=1S/C9H12BrNOS/c1-2-9(12,6-3-4-6)8-11-7(10)5-13-8/h5-6,12H,2-4H2,1H3. The number of hydrogen-bond acceptors (Lipinski definition) is 3. The van der Waals surface area contributed by atoms with E-state index in [1.807, 2.05) is 12.3 Å². The molecule has 1 aliphatic carbocycles. The fourth-order valence-corrected chi connectivity index (χ4v) is 3.13. The van der Waals surface area contributed by atoms with Gasteiger partial charge in [0.05, 0.1) is 0 Å². The molecule has 1 saturated carbocycles. The van der Waals surface area contributed by atoms with Crippen LogP contribution in [0.15, 0.2) is 9.98 Å². The summed E-state index contributed by atoms with van der Waals surface area (Å²) in [5.74, 6) is 0.440. The van der Waals surface area contributed by atoms with Crippen molar-refractivity contribution >= 4 is 27.3 Å². The predicted molar refractivity (Wildman–Crippen MR) is 56.7 cm³/mol. The Balaban J connectivity index is 2.29. The van der Waals surface area contributed by atoms with Crippen LogP contribution in [0.25, 0.3) is 0 Å². The molecule has 0 aliphatic heterocycles. The summed E-state index contributed by atoms with van der Waals surface area (Å²) < 4.78 is 0.833. The van der Waals surface area contributed by atoms with Gasteiger partial charge in [-0.3, -0.25) is 0 Å². The van der Waals surface area contributed by atoms with Gasteiger partial charge in [0.15, 0.2) is 0 Å². The van der Waals surface area contributed by atoms with Crippen molar-refractivity contribution in [3.8, 4) is 0 Å². The van der Waals surface area contributed by atoms with Gasteiger partial charge in [-0.1, -0.05) is 6.92 Å². The van der Waals surface area contributed by atoms with Crippen molar-refractivity contribution in [1.82, 2.24) is 4.98 Å². The first-order valence-electron chi connectivity index (χ1n) is 4.50. The lowest BCUT2D eigenvalue weighted by Crippen LogP contribution is -2.27. The number of aliphatic hydroxyl groups is 1. The first-order chi connectivity index (χ1) is 6.16. The van der Waals surface area contributed by atoms with Crippen LogP contribution in [0.4, 0.5) is 0 Å². The normalized spacial score (nSPS) is 21.5. The van der Waals surface area contributed by atoms with E-state index in [9.17, 15) is 5.11 Å². The third-order valence-electron chi connectivity index (χ3n) is 2.64. The topological polar surface area (TPSA) is 33.1 Å². The second kappa shape index (κ2) is 3.33. The van der Waals surface area contributed by atoms with Crippen LogP contribution in [-0.2, 0) is 5.60 Å². The minimum atomic E-state index is -0.656. The van der Waals surface area contributed by atoms with Crippen LogP contribution in [0, 0.1) is 5.92 Å². The molecule has 0 radical (unpaired) electrons. The molecule has 0 spiro atoms. The number of aromatic nitrogens is 1. The third-order valence-corrected chi connectivity index (χ3v) is 4.36. The van der Waals surface area contributed by atoms with Crippen LogP contribution in [0.5, 0.6) is 0 Å². The Hall–Kier alpha value is 0.0700. The predicted octanol–water partition coefficient (Wildman–Crippen LogP) is 2.91. The van der Waals surface area contributed by atoms with Crippen LogP contribution in [0.2, 0.25) is 0 Å². The molecule has 1 aromatic heterocycles. The van der Waals surface area contributed by atoms with E-state index in [0.29, 0.717) is 5.92 Å². The molecular formula is C9H12BrNOS. The SMILES string of the molecule is CCC(O)(c1nc(Br)cs1)C1CC1. The molecule has 0 saturated heterocycles. The highest BCUT2D eigenvalue weighted by atomic mass is 79.9. The lowest BCUT2D eigenvalue weighted by Gasteiger charge is -2.23. The molecule has 1 N–H and O–H groups in total. The molecule has 0 amide bonds. The molecule has 1 aromatic rings. The van der Waals surface area contributed by atoms with Gasteiger partial charge in [-0.15, -0.1) is 11.3 Å². The zero-order valence-electron chi connectivity index (χ0n) is 7.46. The van der Waals surface area contributed by atoms with Crippen molar-refractivity contribution in [2.45, 2.75) is 31.8 Å². The molecule has 0 bridgehead atoms. The average Bonchev–Trinajstić information content (AvgIpc) is 2.89. The highest BCUT2D eigenvalue weighted by Crippen LogP contribution is 2.48. The lowest BCUT2D eigenvalue weighted by atomic mass is 9.96. The van der Waals surface area contributed by atoms with E-state index >= 15 is 0 Å². The highest BCUT2D eigenvalue weighted by Gasteiger charge is 2.45. The van der Waals surface area contributed by atoms with Crippen molar-refractivity contribution in [3.05, 3.63) is 15.0 Å². The molecule has 4 heteroatoms. The number of halogens is 1. The van der Waals surface area contributed by atoms with Crippen LogP contribution < -0.4 is 0 Å². The van der Waals surface area contributed by atoms with E-state index < -0.39 is 5.60 Å². The largest absolute Gasteiger partial charge is 0.382 e. The zero-order valence-corrected chi connectivity index (χ0v) is 9.86. The molecule has 1 fully saturated rings. The Labute approximate surface area is 90.1 Å². The fourth-order valence-electron chi connectivity index (χ4n) is 1.63. The van der Waals surface area contributed by atoms with Gasteiger partial charge in [0.1, 0.15) is 15.2 Å². The van der Waals surface area contributed by atoms with E-state index in [4.69, 9.17) is 0 Å². The molecule has 2 rings (SSSR count). The first-order valence-corrected chi connectivity index (χ1v) is 6.18. The Morgan fingerprint density at radius 2 is 2.46 bits per heavy atom. The smallest absolute Gasteiger partial charge is 0.126 e. The number of thiazole rings is 1. The quantitative estimate of drug-likeness (QED) is 0.908. The lowest BCUT2D eigenvalue weighted by molar-refractivity contribution is 0.00860. The monoisotopic (exact) mass is 261 g/mol. The van der Waals surface area contributed by atoms with Crippen LogP contribution in [0.3, 0.4) is 0 Å². The summed E-state index contributed by atoms with van der Waals surface area (Å²) >= 11 is 4.85. The molecule has 1 aliphatic rings. The van der Waals surface area contributed by atoms with Crippen LogP contribution in [0.1, 0.15) is 31.2 Å². The van der Waals surface area contributed by atoms with Crippen molar-refractivity contribution in [2.24, 2.45) is 5.92 Å². The first kappa shape index (κ1) is 9.62. The van der Waals surface area contributed by atoms with Gasteiger partial charge < -0.3 is 5.11 Å². The molecule has 1 atom stereocenters. The maximum atomic E-state index is 10.4. The average molecular weight is 262 g/mol. The zero-order chi connectivity index (χ0) is 9.47. The molecule has 1 unspecified atom stereocenters. The Bertz CT molecular complexity index is 310. The van der Waals surface area contributed by atoms with E-state index in [0.717, 1.165) is 28.9 Å². The highest BCUT2D eigenvalue weighted by molar-refractivity contribution is 9.10. The number of hydrogen-bond donors (Lipinski definition) is 1. The van der Waals surface area contributed by atoms with Gasteiger partial charge in [-0.2, -0.15) is 0 Å². The maximum Gasteiger partial charge on any atom is 0.126 e. The second-order valence-electron chi connectivity index (χ2n) is 3.53. The Morgan fingerprint density at radius 1 is 1.77 bits per heavy atom. The summed E-state index contributed by atoms with van der Waals surface area (Å²) in [6.07, 6.45) is 3.04. The van der Waals surface area contributed by atoms with Gasteiger partial charge >= 0.3 is 0 Å². The molecule has 1 heterocycles. The minimum absolute atomic E-state index is 0.440. The Morgan fingerprint density at radius 3 is 2.85 bits per heavy atom. The van der Waals surface area contributed by atoms with Gasteiger partial charge in [0.2, 0.25) is 0 Å². The van der Waals surface area contributed by atoms with Crippen molar-refractivity contribution in [2.75, 3.05) is 0 Å². The van der Waals surface area contributed by atoms with Crippen molar-refractivity contribution in [1.29, 1.82) is 0 Å². The third kappa shape index (κ3) is 1.67. The number of rotatable bonds is 3.